The van der Waals surface area contributed by atoms with Gasteiger partial charge in [0.15, 0.2) is 0 Å². The zero-order valence-electron chi connectivity index (χ0n) is 16.1. The molecule has 1 atom stereocenters. The summed E-state index contributed by atoms with van der Waals surface area (Å²) in [5.74, 6) is -1.30. The third-order valence-corrected chi connectivity index (χ3v) is 4.56. The fourth-order valence-corrected chi connectivity index (χ4v) is 3.07. The molecule has 2 aromatic rings. The fraction of sp³-hybridized carbons (Fsp3) is 0.227. The number of carbonyl (C=O) groups excluding carboxylic acids is 3. The van der Waals surface area contributed by atoms with Crippen LogP contribution >= 0.6 is 0 Å². The first-order valence-electron chi connectivity index (χ1n) is 9.30. The molecule has 1 aliphatic heterocycles. The molecule has 0 aromatic heterocycles. The van der Waals surface area contributed by atoms with Crippen molar-refractivity contribution in [3.63, 3.8) is 0 Å². The van der Waals surface area contributed by atoms with E-state index in [2.05, 4.69) is 10.6 Å². The molecular weight excluding hydrogens is 370 g/mol. The SMILES string of the molecule is COC(=O)CN1C(=O)[C@@H](NC(=O)c2ccccc2)CNC/C=C\c2ccccc21. The molecule has 150 valence electrons. The second-order valence-corrected chi connectivity index (χ2v) is 6.51. The van der Waals surface area contributed by atoms with E-state index in [1.807, 2.05) is 30.4 Å². The number of hydrogen-bond donors (Lipinski definition) is 2. The standard InChI is InChI=1S/C22H23N3O4/c1-29-20(26)15-25-19-12-6-5-8-16(19)11-7-13-23-14-18(22(25)28)24-21(27)17-9-3-2-4-10-17/h2-12,18,23H,13-15H2,1H3,(H,24,27)/b11-7-/t18-/m0/s1. The highest BCUT2D eigenvalue weighted by atomic mass is 16.5. The fourth-order valence-electron chi connectivity index (χ4n) is 3.07. The summed E-state index contributed by atoms with van der Waals surface area (Å²) >= 11 is 0. The highest BCUT2D eigenvalue weighted by molar-refractivity contribution is 6.05. The second kappa shape index (κ2) is 9.66. The van der Waals surface area contributed by atoms with Crippen LogP contribution in [0.3, 0.4) is 0 Å². The Morgan fingerprint density at radius 2 is 1.86 bits per heavy atom. The van der Waals surface area contributed by atoms with Crippen molar-refractivity contribution in [2.45, 2.75) is 6.04 Å². The number of anilines is 1. The number of nitrogens with one attached hydrogen (secondary N) is 2. The van der Waals surface area contributed by atoms with E-state index < -0.39 is 17.9 Å². The van der Waals surface area contributed by atoms with Gasteiger partial charge >= 0.3 is 5.97 Å². The molecule has 0 aliphatic carbocycles. The van der Waals surface area contributed by atoms with Crippen molar-refractivity contribution in [1.29, 1.82) is 0 Å². The molecule has 0 spiro atoms. The number of ether oxygens (including phenoxy) is 1. The van der Waals surface area contributed by atoms with Crippen LogP contribution in [0.1, 0.15) is 15.9 Å². The van der Waals surface area contributed by atoms with Crippen LogP contribution < -0.4 is 15.5 Å². The number of amides is 2. The van der Waals surface area contributed by atoms with Crippen molar-refractivity contribution < 1.29 is 19.1 Å². The number of esters is 1. The van der Waals surface area contributed by atoms with Gasteiger partial charge in [-0.2, -0.15) is 0 Å². The molecule has 0 saturated heterocycles. The second-order valence-electron chi connectivity index (χ2n) is 6.51. The Labute approximate surface area is 169 Å². The largest absolute Gasteiger partial charge is 0.468 e. The van der Waals surface area contributed by atoms with E-state index in [1.54, 1.807) is 36.4 Å². The number of benzene rings is 2. The van der Waals surface area contributed by atoms with Gasteiger partial charge < -0.3 is 15.4 Å². The van der Waals surface area contributed by atoms with E-state index in [9.17, 15) is 14.4 Å². The Balaban J connectivity index is 1.94. The van der Waals surface area contributed by atoms with Crippen molar-refractivity contribution in [3.05, 3.63) is 71.8 Å². The van der Waals surface area contributed by atoms with E-state index in [0.717, 1.165) is 5.56 Å². The van der Waals surface area contributed by atoms with Gasteiger partial charge in [-0.1, -0.05) is 48.6 Å². The van der Waals surface area contributed by atoms with Crippen LogP contribution in [0.15, 0.2) is 60.7 Å². The van der Waals surface area contributed by atoms with E-state index in [1.165, 1.54) is 12.0 Å². The lowest BCUT2D eigenvalue weighted by atomic mass is 10.1. The van der Waals surface area contributed by atoms with Crippen molar-refractivity contribution in [1.82, 2.24) is 10.6 Å². The van der Waals surface area contributed by atoms with Crippen molar-refractivity contribution in [3.8, 4) is 0 Å². The first-order valence-corrected chi connectivity index (χ1v) is 9.30. The third kappa shape index (κ3) is 5.08. The highest BCUT2D eigenvalue weighted by Crippen LogP contribution is 2.23. The summed E-state index contributed by atoms with van der Waals surface area (Å²) in [6.45, 7) is 0.510. The Hall–Kier alpha value is -3.45. The maximum atomic E-state index is 13.4. The molecule has 0 radical (unpaired) electrons. The highest BCUT2D eigenvalue weighted by Gasteiger charge is 2.30. The minimum Gasteiger partial charge on any atom is -0.468 e. The van der Waals surface area contributed by atoms with Crippen LogP contribution in [-0.2, 0) is 14.3 Å². The maximum absolute atomic E-state index is 13.4. The molecule has 1 heterocycles. The van der Waals surface area contributed by atoms with E-state index in [4.69, 9.17) is 4.74 Å². The number of methoxy groups -OCH3 is 1. The molecular formula is C22H23N3O4. The third-order valence-electron chi connectivity index (χ3n) is 4.56. The molecule has 2 aromatic carbocycles. The molecule has 3 rings (SSSR count). The van der Waals surface area contributed by atoms with Crippen LogP contribution in [0.4, 0.5) is 5.69 Å². The lowest BCUT2D eigenvalue weighted by molar-refractivity contribution is -0.140. The Morgan fingerprint density at radius 1 is 1.14 bits per heavy atom. The van der Waals surface area contributed by atoms with Gasteiger partial charge in [-0.25, -0.2) is 0 Å². The maximum Gasteiger partial charge on any atom is 0.325 e. The van der Waals surface area contributed by atoms with Gasteiger partial charge in [-0.05, 0) is 23.8 Å². The molecule has 1 aliphatic rings. The first-order chi connectivity index (χ1) is 14.1. The molecule has 2 N–H and O–H groups in total. The van der Waals surface area contributed by atoms with Crippen LogP contribution in [0.25, 0.3) is 6.08 Å². The quantitative estimate of drug-likeness (QED) is 0.771. The van der Waals surface area contributed by atoms with Gasteiger partial charge in [0.05, 0.1) is 12.8 Å². The molecule has 0 saturated carbocycles. The summed E-state index contributed by atoms with van der Waals surface area (Å²) in [5.41, 5.74) is 1.83. The van der Waals surface area contributed by atoms with Gasteiger partial charge in [0.1, 0.15) is 12.6 Å². The summed E-state index contributed by atoms with van der Waals surface area (Å²) in [7, 11) is 1.27. The predicted octanol–water partition coefficient (Wildman–Crippen LogP) is 1.61. The number of para-hydroxylation sites is 1. The van der Waals surface area contributed by atoms with Crippen molar-refractivity contribution >= 4 is 29.5 Å². The van der Waals surface area contributed by atoms with Gasteiger partial charge in [0, 0.05) is 18.7 Å². The Morgan fingerprint density at radius 3 is 2.62 bits per heavy atom. The topological polar surface area (TPSA) is 87.7 Å². The van der Waals surface area contributed by atoms with Gasteiger partial charge in [-0.3, -0.25) is 19.3 Å². The molecule has 0 fully saturated rings. The normalized spacial score (nSPS) is 17.8. The van der Waals surface area contributed by atoms with Crippen molar-refractivity contribution in [2.75, 3.05) is 31.6 Å². The minimum absolute atomic E-state index is 0.224. The van der Waals surface area contributed by atoms with E-state index in [-0.39, 0.29) is 19.0 Å². The lowest BCUT2D eigenvalue weighted by Gasteiger charge is -2.29. The Kier molecular flexibility index (Phi) is 6.76. The number of nitrogens with zero attached hydrogens (tertiary/aromatic N) is 1. The monoisotopic (exact) mass is 393 g/mol. The summed E-state index contributed by atoms with van der Waals surface area (Å²) in [6.07, 6.45) is 3.82. The molecule has 0 bridgehead atoms. The average Bonchev–Trinajstić information content (AvgIpc) is 2.76. The summed E-state index contributed by atoms with van der Waals surface area (Å²) in [5, 5.41) is 5.93. The van der Waals surface area contributed by atoms with Gasteiger partial charge in [-0.15, -0.1) is 0 Å². The smallest absolute Gasteiger partial charge is 0.325 e. The van der Waals surface area contributed by atoms with Crippen LogP contribution in [-0.4, -0.2) is 50.6 Å². The van der Waals surface area contributed by atoms with Crippen molar-refractivity contribution in [2.24, 2.45) is 0 Å². The minimum atomic E-state index is -0.855. The molecule has 7 heteroatoms. The van der Waals surface area contributed by atoms with Crippen LogP contribution in [0.2, 0.25) is 0 Å². The van der Waals surface area contributed by atoms with Gasteiger partial charge in [0.25, 0.3) is 11.8 Å². The average molecular weight is 393 g/mol. The molecule has 2 amide bonds. The summed E-state index contributed by atoms with van der Waals surface area (Å²) in [6, 6.07) is 15.1. The zero-order chi connectivity index (χ0) is 20.6. The van der Waals surface area contributed by atoms with Gasteiger partial charge in [0.2, 0.25) is 0 Å². The van der Waals surface area contributed by atoms with Crippen LogP contribution in [0, 0.1) is 0 Å². The number of fused-ring (bicyclic) bond motifs is 1. The molecule has 0 unspecified atom stereocenters. The summed E-state index contributed by atoms with van der Waals surface area (Å²) in [4.78, 5) is 39.4. The van der Waals surface area contributed by atoms with E-state index in [0.29, 0.717) is 17.8 Å². The van der Waals surface area contributed by atoms with Crippen LogP contribution in [0.5, 0.6) is 0 Å². The summed E-state index contributed by atoms with van der Waals surface area (Å²) < 4.78 is 4.78. The number of hydrogen-bond acceptors (Lipinski definition) is 5. The lowest BCUT2D eigenvalue weighted by Crippen LogP contribution is -2.54. The van der Waals surface area contributed by atoms with E-state index >= 15 is 0 Å². The predicted molar refractivity (Wildman–Crippen MR) is 110 cm³/mol. The zero-order valence-corrected chi connectivity index (χ0v) is 16.1. The molecule has 7 nitrogen and oxygen atoms in total. The Bertz CT molecular complexity index is 911. The first kappa shape index (κ1) is 20.3. The number of carbonyl (C=O) groups is 3. The number of rotatable bonds is 4. The molecule has 29 heavy (non-hydrogen) atoms.